The first-order valence-electron chi connectivity index (χ1n) is 11.3. The average molecular weight is 469 g/mol. The average Bonchev–Trinajstić information content (AvgIpc) is 3.21. The lowest BCUT2D eigenvalue weighted by molar-refractivity contribution is -0.117. The van der Waals surface area contributed by atoms with E-state index in [4.69, 9.17) is 15.9 Å². The third kappa shape index (κ3) is 5.78. The maximum atomic E-state index is 9.82. The predicted molar refractivity (Wildman–Crippen MR) is 136 cm³/mol. The first-order valence-corrected chi connectivity index (χ1v) is 12.1. The van der Waals surface area contributed by atoms with Crippen molar-refractivity contribution in [2.45, 2.75) is 46.0 Å². The molecule has 1 amide bonds. The van der Waals surface area contributed by atoms with Gasteiger partial charge in [-0.2, -0.15) is 0 Å². The smallest absolute Gasteiger partial charge is 0.209 e. The highest BCUT2D eigenvalue weighted by atomic mass is 32.1. The SMILES string of the molecule is CCCN(C)C=O.CCOc1cc(N)c(C=N)cc1Nc1ncnc2sc3c(c12)CCCC3. The van der Waals surface area contributed by atoms with Crippen LogP contribution in [-0.4, -0.2) is 47.7 Å². The molecule has 0 aliphatic heterocycles. The van der Waals surface area contributed by atoms with Crippen LogP contribution >= 0.6 is 11.3 Å². The number of nitrogens with two attached hydrogens (primary N) is 1. The predicted octanol–water partition coefficient (Wildman–Crippen LogP) is 4.78. The number of nitrogens with zero attached hydrogens (tertiary/aromatic N) is 3. The Morgan fingerprint density at radius 1 is 1.27 bits per heavy atom. The van der Waals surface area contributed by atoms with E-state index >= 15 is 0 Å². The van der Waals surface area contributed by atoms with Crippen LogP contribution in [0.3, 0.4) is 0 Å². The molecule has 4 rings (SSSR count). The number of anilines is 3. The molecule has 0 spiro atoms. The number of benzene rings is 1. The van der Waals surface area contributed by atoms with Crippen LogP contribution < -0.4 is 15.8 Å². The normalized spacial score (nSPS) is 12.3. The number of amides is 1. The highest BCUT2D eigenvalue weighted by Gasteiger charge is 2.20. The number of nitrogen functional groups attached to an aromatic ring is 1. The van der Waals surface area contributed by atoms with E-state index in [9.17, 15) is 4.79 Å². The first kappa shape index (κ1) is 24.4. The number of ether oxygens (including phenoxy) is 1. The molecule has 9 heteroatoms. The summed E-state index contributed by atoms with van der Waals surface area (Å²) in [6.45, 7) is 5.37. The topological polar surface area (TPSA) is 117 Å². The van der Waals surface area contributed by atoms with Gasteiger partial charge in [-0.3, -0.25) is 4.79 Å². The Kier molecular flexibility index (Phi) is 8.59. The number of fused-ring (bicyclic) bond motifs is 3. The standard InChI is InChI=1S/C19H21N5OS.C5H11NO/c1-2-25-15-8-13(21)11(9-20)7-14(15)24-18-17-12-5-3-4-6-16(12)26-19(17)23-10-22-18;1-3-4-6(2)5-7/h7-10,20H,2-6,21H2,1H3,(H,22,23,24);5H,3-4H2,1-2H3. The zero-order valence-corrected chi connectivity index (χ0v) is 20.3. The van der Waals surface area contributed by atoms with E-state index in [1.807, 2.05) is 19.9 Å². The van der Waals surface area contributed by atoms with Gasteiger partial charge < -0.3 is 26.1 Å². The second-order valence-electron chi connectivity index (χ2n) is 7.88. The van der Waals surface area contributed by atoms with Gasteiger partial charge in [0.1, 0.15) is 22.7 Å². The summed E-state index contributed by atoms with van der Waals surface area (Å²) >= 11 is 1.77. The van der Waals surface area contributed by atoms with Gasteiger partial charge in [-0.15, -0.1) is 11.3 Å². The molecule has 2 heterocycles. The zero-order valence-electron chi connectivity index (χ0n) is 19.5. The number of rotatable bonds is 8. The van der Waals surface area contributed by atoms with Gasteiger partial charge in [0.2, 0.25) is 6.41 Å². The van der Waals surface area contributed by atoms with Crippen molar-refractivity contribution in [2.24, 2.45) is 0 Å². The maximum absolute atomic E-state index is 9.82. The van der Waals surface area contributed by atoms with Crippen LogP contribution in [0, 0.1) is 5.41 Å². The molecular weight excluding hydrogens is 436 g/mol. The van der Waals surface area contributed by atoms with Crippen molar-refractivity contribution in [2.75, 3.05) is 31.2 Å². The minimum absolute atomic E-state index is 0.523. The van der Waals surface area contributed by atoms with Crippen molar-refractivity contribution < 1.29 is 9.53 Å². The van der Waals surface area contributed by atoms with Crippen LogP contribution in [0.1, 0.15) is 49.1 Å². The van der Waals surface area contributed by atoms with Crippen molar-refractivity contribution in [3.63, 3.8) is 0 Å². The van der Waals surface area contributed by atoms with E-state index in [1.165, 1.54) is 29.5 Å². The summed E-state index contributed by atoms with van der Waals surface area (Å²) in [5.41, 5.74) is 9.31. The van der Waals surface area contributed by atoms with Crippen molar-refractivity contribution in [1.82, 2.24) is 14.9 Å². The summed E-state index contributed by atoms with van der Waals surface area (Å²) in [4.78, 5) is 22.9. The monoisotopic (exact) mass is 468 g/mol. The van der Waals surface area contributed by atoms with Crippen LogP contribution in [0.15, 0.2) is 18.5 Å². The van der Waals surface area contributed by atoms with Crippen molar-refractivity contribution in [3.8, 4) is 5.75 Å². The Morgan fingerprint density at radius 3 is 2.73 bits per heavy atom. The van der Waals surface area contributed by atoms with Gasteiger partial charge in [0.15, 0.2) is 0 Å². The number of hydrogen-bond donors (Lipinski definition) is 3. The van der Waals surface area contributed by atoms with E-state index in [2.05, 4.69) is 15.3 Å². The van der Waals surface area contributed by atoms with Gasteiger partial charge >= 0.3 is 0 Å². The number of carbonyl (C=O) groups excluding carboxylic acids is 1. The summed E-state index contributed by atoms with van der Waals surface area (Å²) in [6.07, 6.45) is 9.37. The van der Waals surface area contributed by atoms with E-state index in [0.717, 1.165) is 53.9 Å². The second kappa shape index (κ2) is 11.6. The minimum Gasteiger partial charge on any atom is -0.492 e. The molecule has 1 aliphatic rings. The number of thiophene rings is 1. The van der Waals surface area contributed by atoms with Crippen LogP contribution in [0.4, 0.5) is 17.2 Å². The lowest BCUT2D eigenvalue weighted by atomic mass is 9.97. The molecule has 0 fully saturated rings. The molecule has 0 radical (unpaired) electrons. The van der Waals surface area contributed by atoms with Crippen molar-refractivity contribution in [1.29, 1.82) is 5.41 Å². The molecule has 4 N–H and O–H groups in total. The molecule has 0 saturated carbocycles. The zero-order chi connectivity index (χ0) is 23.8. The molecule has 176 valence electrons. The Hall–Kier alpha value is -3.20. The summed E-state index contributed by atoms with van der Waals surface area (Å²) in [5, 5.41) is 12.1. The summed E-state index contributed by atoms with van der Waals surface area (Å²) < 4.78 is 5.74. The molecular formula is C24H32N6O2S. The molecule has 3 aromatic rings. The van der Waals surface area contributed by atoms with Crippen molar-refractivity contribution in [3.05, 3.63) is 34.5 Å². The van der Waals surface area contributed by atoms with E-state index < -0.39 is 0 Å². The highest BCUT2D eigenvalue weighted by molar-refractivity contribution is 7.19. The van der Waals surface area contributed by atoms with Gasteiger partial charge in [0.25, 0.3) is 0 Å². The highest BCUT2D eigenvalue weighted by Crippen LogP contribution is 2.40. The fourth-order valence-corrected chi connectivity index (χ4v) is 5.06. The van der Waals surface area contributed by atoms with Crippen molar-refractivity contribution >= 4 is 51.4 Å². The van der Waals surface area contributed by atoms with Crippen LogP contribution in [0.25, 0.3) is 10.2 Å². The summed E-state index contributed by atoms with van der Waals surface area (Å²) in [7, 11) is 1.77. The number of hydrogen-bond acceptors (Lipinski definition) is 8. The summed E-state index contributed by atoms with van der Waals surface area (Å²) in [6, 6.07) is 3.59. The van der Waals surface area contributed by atoms with Gasteiger partial charge in [-0.05, 0) is 50.7 Å². The Balaban J connectivity index is 0.000000383. The molecule has 0 bridgehead atoms. The Labute approximate surface area is 198 Å². The molecule has 1 aliphatic carbocycles. The summed E-state index contributed by atoms with van der Waals surface area (Å²) in [5.74, 6) is 1.45. The van der Waals surface area contributed by atoms with E-state index in [0.29, 0.717) is 23.6 Å². The molecule has 0 atom stereocenters. The van der Waals surface area contributed by atoms with Crippen LogP contribution in [0.5, 0.6) is 5.75 Å². The maximum Gasteiger partial charge on any atom is 0.209 e. The van der Waals surface area contributed by atoms with E-state index in [1.54, 1.807) is 35.7 Å². The van der Waals surface area contributed by atoms with Crippen LogP contribution in [-0.2, 0) is 17.6 Å². The molecule has 8 nitrogen and oxygen atoms in total. The number of carbonyl (C=O) groups is 1. The Bertz CT molecular complexity index is 1110. The number of aromatic nitrogens is 2. The molecule has 0 saturated heterocycles. The lowest BCUT2D eigenvalue weighted by Crippen LogP contribution is -2.15. The molecule has 2 aromatic heterocycles. The lowest BCUT2D eigenvalue weighted by Gasteiger charge is -2.16. The van der Waals surface area contributed by atoms with Gasteiger partial charge in [0, 0.05) is 42.0 Å². The first-order chi connectivity index (χ1) is 16.0. The van der Waals surface area contributed by atoms with Gasteiger partial charge in [-0.25, -0.2) is 9.97 Å². The quantitative estimate of drug-likeness (QED) is 0.249. The second-order valence-corrected chi connectivity index (χ2v) is 8.96. The number of nitrogens with one attached hydrogen (secondary N) is 2. The fraction of sp³-hybridized carbons (Fsp3) is 0.417. The minimum atomic E-state index is 0.523. The molecule has 33 heavy (non-hydrogen) atoms. The van der Waals surface area contributed by atoms with E-state index in [-0.39, 0.29) is 0 Å². The van der Waals surface area contributed by atoms with Gasteiger partial charge in [-0.1, -0.05) is 6.92 Å². The van der Waals surface area contributed by atoms with Gasteiger partial charge in [0.05, 0.1) is 17.7 Å². The Morgan fingerprint density at radius 2 is 2.06 bits per heavy atom. The number of aryl methyl sites for hydroxylation is 2. The largest absolute Gasteiger partial charge is 0.492 e. The third-order valence-electron chi connectivity index (χ3n) is 5.40. The fourth-order valence-electron chi connectivity index (χ4n) is 3.83. The van der Waals surface area contributed by atoms with Crippen LogP contribution in [0.2, 0.25) is 0 Å². The molecule has 1 aromatic carbocycles. The molecule has 0 unspecified atom stereocenters. The third-order valence-corrected chi connectivity index (χ3v) is 6.60.